The smallest absolute Gasteiger partial charge is 0.323 e. The SMILES string of the molecule is O=C1NC2(CCCCC2)C(=O)N1C[NH+]1CCc2sccc2[C@@H]1C1CC1. The highest BCUT2D eigenvalue weighted by Crippen LogP contribution is 2.42. The molecule has 3 amide bonds. The second-order valence-corrected chi connectivity index (χ2v) is 9.24. The fourth-order valence-corrected chi connectivity index (χ4v) is 6.12. The van der Waals surface area contributed by atoms with Crippen LogP contribution in [0.4, 0.5) is 4.79 Å². The molecule has 2 N–H and O–H groups in total. The van der Waals surface area contributed by atoms with Gasteiger partial charge in [-0.2, -0.15) is 0 Å². The van der Waals surface area contributed by atoms with E-state index in [0.29, 0.717) is 12.7 Å². The lowest BCUT2D eigenvalue weighted by Gasteiger charge is -2.35. The topological polar surface area (TPSA) is 53.9 Å². The third-order valence-electron chi connectivity index (χ3n) is 6.64. The molecule has 1 aromatic rings. The van der Waals surface area contributed by atoms with E-state index in [1.807, 2.05) is 11.3 Å². The van der Waals surface area contributed by atoms with Crippen LogP contribution in [-0.4, -0.2) is 35.6 Å². The predicted octanol–water partition coefficient (Wildman–Crippen LogP) is 1.85. The first kappa shape index (κ1) is 15.8. The first-order valence-corrected chi connectivity index (χ1v) is 10.6. The van der Waals surface area contributed by atoms with Gasteiger partial charge in [0, 0.05) is 22.8 Å². The van der Waals surface area contributed by atoms with Gasteiger partial charge in [0.15, 0.2) is 6.67 Å². The highest BCUT2D eigenvalue weighted by molar-refractivity contribution is 7.10. The van der Waals surface area contributed by atoms with E-state index in [1.54, 1.807) is 0 Å². The van der Waals surface area contributed by atoms with E-state index in [0.717, 1.165) is 44.6 Å². The van der Waals surface area contributed by atoms with E-state index in [9.17, 15) is 9.59 Å². The normalized spacial score (nSPS) is 31.3. The molecule has 4 aliphatic rings. The third kappa shape index (κ3) is 2.53. The van der Waals surface area contributed by atoms with Crippen LogP contribution in [0.2, 0.25) is 0 Å². The number of urea groups is 1. The van der Waals surface area contributed by atoms with Crippen LogP contribution < -0.4 is 10.2 Å². The molecule has 2 aliphatic carbocycles. The molecule has 2 atom stereocenters. The maximum atomic E-state index is 13.1. The summed E-state index contributed by atoms with van der Waals surface area (Å²) < 4.78 is 0. The van der Waals surface area contributed by atoms with E-state index in [2.05, 4.69) is 16.8 Å². The Morgan fingerprint density at radius 1 is 1.24 bits per heavy atom. The maximum absolute atomic E-state index is 13.1. The summed E-state index contributed by atoms with van der Waals surface area (Å²) in [5.41, 5.74) is 0.890. The van der Waals surface area contributed by atoms with Gasteiger partial charge in [-0.15, -0.1) is 11.3 Å². The van der Waals surface area contributed by atoms with Gasteiger partial charge < -0.3 is 10.2 Å². The zero-order valence-electron chi connectivity index (χ0n) is 14.6. The average Bonchev–Trinajstić information content (AvgIpc) is 3.30. The number of imide groups is 1. The molecule has 1 aromatic heterocycles. The summed E-state index contributed by atoms with van der Waals surface area (Å²) in [7, 11) is 0. The molecule has 2 aliphatic heterocycles. The van der Waals surface area contributed by atoms with E-state index in [4.69, 9.17) is 0 Å². The number of rotatable bonds is 3. The van der Waals surface area contributed by atoms with Crippen LogP contribution >= 0.6 is 11.3 Å². The lowest BCUT2D eigenvalue weighted by atomic mass is 9.82. The van der Waals surface area contributed by atoms with Gasteiger partial charge >= 0.3 is 6.03 Å². The highest BCUT2D eigenvalue weighted by atomic mass is 32.1. The maximum Gasteiger partial charge on any atom is 0.329 e. The van der Waals surface area contributed by atoms with Gasteiger partial charge in [-0.05, 0) is 37.1 Å². The van der Waals surface area contributed by atoms with E-state index < -0.39 is 5.54 Å². The minimum atomic E-state index is -0.590. The summed E-state index contributed by atoms with van der Waals surface area (Å²) in [5.74, 6) is 0.767. The Morgan fingerprint density at radius 2 is 2.04 bits per heavy atom. The number of quaternary nitrogens is 1. The molecular formula is C19H26N3O2S+. The molecule has 5 nitrogen and oxygen atoms in total. The van der Waals surface area contributed by atoms with Crippen molar-refractivity contribution in [2.45, 2.75) is 62.9 Å². The van der Waals surface area contributed by atoms with Gasteiger partial charge in [0.25, 0.3) is 5.91 Å². The first-order chi connectivity index (χ1) is 12.2. The second kappa shape index (κ2) is 5.81. The minimum Gasteiger partial charge on any atom is -0.323 e. The van der Waals surface area contributed by atoms with Crippen molar-refractivity contribution in [3.63, 3.8) is 0 Å². The Kier molecular flexibility index (Phi) is 3.68. The summed E-state index contributed by atoms with van der Waals surface area (Å²) in [6, 6.07) is 2.58. The minimum absolute atomic E-state index is 0.0374. The van der Waals surface area contributed by atoms with Crippen molar-refractivity contribution in [3.8, 4) is 0 Å². The molecule has 3 heterocycles. The number of thiophene rings is 1. The number of hydrogen-bond acceptors (Lipinski definition) is 3. The molecule has 0 bridgehead atoms. The Labute approximate surface area is 152 Å². The molecule has 1 spiro atoms. The number of nitrogens with zero attached hydrogens (tertiary/aromatic N) is 1. The van der Waals surface area contributed by atoms with Gasteiger partial charge in [0.05, 0.1) is 6.54 Å². The van der Waals surface area contributed by atoms with E-state index in [-0.39, 0.29) is 11.9 Å². The van der Waals surface area contributed by atoms with Crippen LogP contribution in [0, 0.1) is 5.92 Å². The van der Waals surface area contributed by atoms with Crippen LogP contribution in [-0.2, 0) is 11.2 Å². The summed E-state index contributed by atoms with van der Waals surface area (Å²) >= 11 is 1.86. The van der Waals surface area contributed by atoms with Crippen LogP contribution in [0.1, 0.15) is 61.4 Å². The Hall–Kier alpha value is -1.40. The molecule has 5 rings (SSSR count). The molecule has 1 unspecified atom stereocenters. The van der Waals surface area contributed by atoms with Gasteiger partial charge in [-0.3, -0.25) is 4.79 Å². The first-order valence-electron chi connectivity index (χ1n) is 9.73. The second-order valence-electron chi connectivity index (χ2n) is 8.24. The fourth-order valence-electron chi connectivity index (χ4n) is 5.19. The predicted molar refractivity (Wildman–Crippen MR) is 95.4 cm³/mol. The summed E-state index contributed by atoms with van der Waals surface area (Å²) in [5, 5.41) is 5.26. The van der Waals surface area contributed by atoms with Crippen molar-refractivity contribution in [1.29, 1.82) is 0 Å². The highest BCUT2D eigenvalue weighted by Gasteiger charge is 2.53. The number of amides is 3. The number of carbonyl (C=O) groups is 2. The molecule has 134 valence electrons. The average molecular weight is 361 g/mol. The van der Waals surface area contributed by atoms with Crippen LogP contribution in [0.25, 0.3) is 0 Å². The zero-order valence-corrected chi connectivity index (χ0v) is 15.4. The standard InChI is InChI=1S/C19H25N3O2S/c23-17-19(8-2-1-3-9-19)20-18(24)22(17)12-21-10-6-15-14(7-11-25-15)16(21)13-4-5-13/h7,11,13,16H,1-6,8-10,12H2,(H,20,24)/p+1/t16-/m0/s1. The Bertz CT molecular complexity index is 705. The molecule has 0 aromatic carbocycles. The largest absolute Gasteiger partial charge is 0.329 e. The van der Waals surface area contributed by atoms with Gasteiger partial charge in [0.1, 0.15) is 11.6 Å². The van der Waals surface area contributed by atoms with E-state index >= 15 is 0 Å². The lowest BCUT2D eigenvalue weighted by molar-refractivity contribution is -0.943. The van der Waals surface area contributed by atoms with Gasteiger partial charge in [-0.1, -0.05) is 19.3 Å². The molecular weight excluding hydrogens is 334 g/mol. The molecule has 1 saturated heterocycles. The number of carbonyl (C=O) groups excluding carboxylic acids is 2. The van der Waals surface area contributed by atoms with Crippen molar-refractivity contribution in [2.75, 3.05) is 13.2 Å². The molecule has 2 saturated carbocycles. The van der Waals surface area contributed by atoms with Crippen molar-refractivity contribution in [1.82, 2.24) is 10.2 Å². The third-order valence-corrected chi connectivity index (χ3v) is 7.63. The van der Waals surface area contributed by atoms with Gasteiger partial charge in [0.2, 0.25) is 0 Å². The molecule has 25 heavy (non-hydrogen) atoms. The van der Waals surface area contributed by atoms with Crippen LogP contribution in [0.5, 0.6) is 0 Å². The lowest BCUT2D eigenvalue weighted by Crippen LogP contribution is -3.15. The Morgan fingerprint density at radius 3 is 2.80 bits per heavy atom. The summed E-state index contributed by atoms with van der Waals surface area (Å²) in [6.07, 6.45) is 8.52. The number of nitrogens with one attached hydrogen (secondary N) is 2. The van der Waals surface area contributed by atoms with Gasteiger partial charge in [-0.25, -0.2) is 9.69 Å². The number of hydrogen-bond donors (Lipinski definition) is 2. The van der Waals surface area contributed by atoms with E-state index in [1.165, 1.54) is 39.5 Å². The summed E-state index contributed by atoms with van der Waals surface area (Å²) in [6.45, 7) is 1.56. The fraction of sp³-hybridized carbons (Fsp3) is 0.684. The van der Waals surface area contributed by atoms with Crippen molar-refractivity contribution < 1.29 is 14.5 Å². The zero-order chi connectivity index (χ0) is 17.0. The van der Waals surface area contributed by atoms with Crippen LogP contribution in [0.15, 0.2) is 11.4 Å². The van der Waals surface area contributed by atoms with Crippen molar-refractivity contribution in [2.24, 2.45) is 5.92 Å². The number of fused-ring (bicyclic) bond motifs is 1. The monoisotopic (exact) mass is 360 g/mol. The summed E-state index contributed by atoms with van der Waals surface area (Å²) in [4.78, 5) is 30.1. The quantitative estimate of drug-likeness (QED) is 0.809. The molecule has 3 fully saturated rings. The van der Waals surface area contributed by atoms with Crippen LogP contribution in [0.3, 0.4) is 0 Å². The van der Waals surface area contributed by atoms with Crippen molar-refractivity contribution in [3.05, 3.63) is 21.9 Å². The molecule has 6 heteroatoms. The Balaban J connectivity index is 1.38. The molecule has 0 radical (unpaired) electrons. The van der Waals surface area contributed by atoms with Crippen molar-refractivity contribution >= 4 is 23.3 Å².